The Morgan fingerprint density at radius 2 is 1.92 bits per heavy atom. The van der Waals surface area contributed by atoms with E-state index in [9.17, 15) is 14.7 Å². The summed E-state index contributed by atoms with van der Waals surface area (Å²) in [6.07, 6.45) is 4.98. The van der Waals surface area contributed by atoms with Crippen LogP contribution in [-0.2, 0) is 14.3 Å². The second-order valence-electron chi connectivity index (χ2n) is 6.73. The van der Waals surface area contributed by atoms with E-state index < -0.39 is 11.4 Å². The molecule has 1 aromatic carbocycles. The normalized spacial score (nSPS) is 18.4. The Hall–Kier alpha value is -1.88. The molecule has 1 aliphatic rings. The fraction of sp³-hybridized carbons (Fsp3) is 0.579. The average molecular weight is 333 g/mol. The van der Waals surface area contributed by atoms with Crippen molar-refractivity contribution in [2.45, 2.75) is 58.0 Å². The Morgan fingerprint density at radius 1 is 1.25 bits per heavy atom. The van der Waals surface area contributed by atoms with Gasteiger partial charge >= 0.3 is 5.97 Å². The maximum Gasteiger partial charge on any atom is 0.310 e. The number of anilines is 1. The van der Waals surface area contributed by atoms with E-state index in [0.29, 0.717) is 18.5 Å². The number of ether oxygens (including phenoxy) is 1. The summed E-state index contributed by atoms with van der Waals surface area (Å²) in [5, 5.41) is 12.5. The molecule has 1 saturated carbocycles. The minimum absolute atomic E-state index is 0.0341. The Balaban J connectivity index is 2.07. The first kappa shape index (κ1) is 18.5. The number of benzene rings is 1. The van der Waals surface area contributed by atoms with Gasteiger partial charge in [-0.25, -0.2) is 0 Å². The first-order chi connectivity index (χ1) is 11.5. The Morgan fingerprint density at radius 3 is 2.50 bits per heavy atom. The summed E-state index contributed by atoms with van der Waals surface area (Å²) in [4.78, 5) is 24.3. The summed E-state index contributed by atoms with van der Waals surface area (Å²) in [7, 11) is 1.64. The molecule has 0 radical (unpaired) electrons. The first-order valence-electron chi connectivity index (χ1n) is 8.63. The number of rotatable bonds is 6. The Kier molecular flexibility index (Phi) is 6.37. The smallest absolute Gasteiger partial charge is 0.310 e. The number of carbonyl (C=O) groups excluding carboxylic acids is 1. The van der Waals surface area contributed by atoms with Gasteiger partial charge in [0.25, 0.3) is 0 Å². The minimum Gasteiger partial charge on any atom is -0.481 e. The van der Waals surface area contributed by atoms with Crippen LogP contribution < -0.4 is 5.32 Å². The molecule has 5 nitrogen and oxygen atoms in total. The van der Waals surface area contributed by atoms with Crippen LogP contribution in [0.2, 0.25) is 0 Å². The van der Waals surface area contributed by atoms with Crippen molar-refractivity contribution in [1.29, 1.82) is 0 Å². The predicted octanol–water partition coefficient (Wildman–Crippen LogP) is 4.15. The van der Waals surface area contributed by atoms with Crippen LogP contribution in [-0.4, -0.2) is 24.1 Å². The van der Waals surface area contributed by atoms with Crippen molar-refractivity contribution in [2.24, 2.45) is 5.41 Å². The first-order valence-corrected chi connectivity index (χ1v) is 8.63. The number of carbonyl (C=O) groups is 2. The van der Waals surface area contributed by atoms with E-state index in [1.54, 1.807) is 7.11 Å². The molecular weight excluding hydrogens is 306 g/mol. The predicted molar refractivity (Wildman–Crippen MR) is 92.9 cm³/mol. The molecule has 1 unspecified atom stereocenters. The van der Waals surface area contributed by atoms with Gasteiger partial charge in [0.15, 0.2) is 0 Å². The van der Waals surface area contributed by atoms with Gasteiger partial charge in [0.05, 0.1) is 11.5 Å². The van der Waals surface area contributed by atoms with Crippen LogP contribution in [0.25, 0.3) is 0 Å². The molecule has 0 heterocycles. The van der Waals surface area contributed by atoms with Crippen molar-refractivity contribution >= 4 is 17.6 Å². The van der Waals surface area contributed by atoms with Gasteiger partial charge in [0.1, 0.15) is 0 Å². The SMILES string of the molecule is COC(C)c1cccc(NC(=O)CC2(C(=O)O)CCCCCC2)c1. The number of carboxylic acid groups (broad SMARTS) is 1. The van der Waals surface area contributed by atoms with Gasteiger partial charge in [-0.3, -0.25) is 9.59 Å². The Bertz CT molecular complexity index is 576. The fourth-order valence-corrected chi connectivity index (χ4v) is 3.39. The summed E-state index contributed by atoms with van der Waals surface area (Å²) >= 11 is 0. The lowest BCUT2D eigenvalue weighted by Crippen LogP contribution is -2.35. The van der Waals surface area contributed by atoms with E-state index in [1.165, 1.54) is 0 Å². The minimum atomic E-state index is -0.919. The van der Waals surface area contributed by atoms with E-state index in [0.717, 1.165) is 31.2 Å². The lowest BCUT2D eigenvalue weighted by atomic mass is 9.77. The molecule has 1 aliphatic carbocycles. The summed E-state index contributed by atoms with van der Waals surface area (Å²) in [5.74, 6) is -1.08. The summed E-state index contributed by atoms with van der Waals surface area (Å²) in [6, 6.07) is 7.48. The summed E-state index contributed by atoms with van der Waals surface area (Å²) < 4.78 is 5.29. The molecule has 5 heteroatoms. The number of hydrogen-bond donors (Lipinski definition) is 2. The van der Waals surface area contributed by atoms with Gasteiger partial charge in [-0.05, 0) is 37.5 Å². The lowest BCUT2D eigenvalue weighted by Gasteiger charge is -2.27. The highest BCUT2D eigenvalue weighted by atomic mass is 16.5. The number of methoxy groups -OCH3 is 1. The second-order valence-corrected chi connectivity index (χ2v) is 6.73. The van der Waals surface area contributed by atoms with Crippen LogP contribution in [0.15, 0.2) is 24.3 Å². The number of aliphatic carboxylic acids is 1. The highest BCUT2D eigenvalue weighted by Crippen LogP contribution is 2.38. The van der Waals surface area contributed by atoms with Gasteiger partial charge in [-0.15, -0.1) is 0 Å². The van der Waals surface area contributed by atoms with Crippen molar-refractivity contribution in [2.75, 3.05) is 12.4 Å². The summed E-state index contributed by atoms with van der Waals surface area (Å²) in [6.45, 7) is 1.94. The molecule has 1 fully saturated rings. The highest BCUT2D eigenvalue weighted by molar-refractivity contribution is 5.94. The van der Waals surface area contributed by atoms with Crippen LogP contribution in [0.4, 0.5) is 5.69 Å². The lowest BCUT2D eigenvalue weighted by molar-refractivity contribution is -0.152. The van der Waals surface area contributed by atoms with Gasteiger partial charge in [0, 0.05) is 19.2 Å². The van der Waals surface area contributed by atoms with Gasteiger partial charge in [0.2, 0.25) is 5.91 Å². The van der Waals surface area contributed by atoms with Crippen LogP contribution >= 0.6 is 0 Å². The highest BCUT2D eigenvalue weighted by Gasteiger charge is 2.40. The van der Waals surface area contributed by atoms with E-state index in [1.807, 2.05) is 31.2 Å². The average Bonchev–Trinajstić information content (AvgIpc) is 2.80. The van der Waals surface area contributed by atoms with E-state index in [-0.39, 0.29) is 18.4 Å². The van der Waals surface area contributed by atoms with E-state index >= 15 is 0 Å². The monoisotopic (exact) mass is 333 g/mol. The molecule has 0 bridgehead atoms. The van der Waals surface area contributed by atoms with Gasteiger partial charge in [-0.2, -0.15) is 0 Å². The van der Waals surface area contributed by atoms with Crippen LogP contribution in [0.3, 0.4) is 0 Å². The quantitative estimate of drug-likeness (QED) is 0.767. The number of hydrogen-bond acceptors (Lipinski definition) is 3. The zero-order valence-electron chi connectivity index (χ0n) is 14.5. The van der Waals surface area contributed by atoms with Crippen molar-refractivity contribution in [3.05, 3.63) is 29.8 Å². The van der Waals surface area contributed by atoms with Crippen LogP contribution in [0, 0.1) is 5.41 Å². The molecule has 0 aliphatic heterocycles. The molecule has 1 aromatic rings. The maximum atomic E-state index is 12.4. The number of amides is 1. The fourth-order valence-electron chi connectivity index (χ4n) is 3.39. The van der Waals surface area contributed by atoms with Crippen molar-refractivity contribution < 1.29 is 19.4 Å². The molecule has 1 atom stereocenters. The van der Waals surface area contributed by atoms with Gasteiger partial charge < -0.3 is 15.2 Å². The third kappa shape index (κ3) is 4.57. The molecular formula is C19H27NO4. The van der Waals surface area contributed by atoms with Crippen molar-refractivity contribution in [1.82, 2.24) is 0 Å². The third-order valence-electron chi connectivity index (χ3n) is 5.01. The molecule has 1 amide bonds. The van der Waals surface area contributed by atoms with E-state index in [2.05, 4.69) is 5.32 Å². The molecule has 132 valence electrons. The maximum absolute atomic E-state index is 12.4. The molecule has 0 spiro atoms. The van der Waals surface area contributed by atoms with Crippen LogP contribution in [0.1, 0.15) is 63.5 Å². The summed E-state index contributed by atoms with van der Waals surface area (Å²) in [5.41, 5.74) is 0.728. The molecule has 2 rings (SSSR count). The zero-order chi connectivity index (χ0) is 17.6. The van der Waals surface area contributed by atoms with Crippen molar-refractivity contribution in [3.8, 4) is 0 Å². The zero-order valence-corrected chi connectivity index (χ0v) is 14.5. The molecule has 0 saturated heterocycles. The van der Waals surface area contributed by atoms with Crippen LogP contribution in [0.5, 0.6) is 0 Å². The number of nitrogens with one attached hydrogen (secondary N) is 1. The third-order valence-corrected chi connectivity index (χ3v) is 5.01. The largest absolute Gasteiger partial charge is 0.481 e. The topological polar surface area (TPSA) is 75.6 Å². The second kappa shape index (κ2) is 8.29. The standard InChI is InChI=1S/C19H27NO4/c1-14(24-2)15-8-7-9-16(12-15)20-17(21)13-19(18(22)23)10-5-3-4-6-11-19/h7-9,12,14H,3-6,10-11,13H2,1-2H3,(H,20,21)(H,22,23). The number of carboxylic acids is 1. The molecule has 24 heavy (non-hydrogen) atoms. The van der Waals surface area contributed by atoms with Crippen molar-refractivity contribution in [3.63, 3.8) is 0 Å². The van der Waals surface area contributed by atoms with Gasteiger partial charge in [-0.1, -0.05) is 37.8 Å². The molecule has 2 N–H and O–H groups in total. The Labute approximate surface area is 143 Å². The van der Waals surface area contributed by atoms with E-state index in [4.69, 9.17) is 4.74 Å². The molecule has 0 aromatic heterocycles.